The first-order chi connectivity index (χ1) is 9.63. The van der Waals surface area contributed by atoms with Crippen LogP contribution in [0.1, 0.15) is 29.7 Å². The molecule has 0 radical (unpaired) electrons. The molecule has 0 aliphatic carbocycles. The second-order valence-corrected chi connectivity index (χ2v) is 5.96. The van der Waals surface area contributed by atoms with Gasteiger partial charge in [-0.3, -0.25) is 0 Å². The van der Waals surface area contributed by atoms with Crippen molar-refractivity contribution in [3.05, 3.63) is 68.5 Å². The summed E-state index contributed by atoms with van der Waals surface area (Å²) in [4.78, 5) is 0. The number of hydrogen-bond acceptors (Lipinski definition) is 1. The third-order valence-electron chi connectivity index (χ3n) is 3.43. The smallest absolute Gasteiger partial charge is 0.126 e. The van der Waals surface area contributed by atoms with Crippen LogP contribution in [0.5, 0.6) is 0 Å². The molecule has 0 heterocycles. The molecule has 0 amide bonds. The first kappa shape index (κ1) is 15.4. The van der Waals surface area contributed by atoms with Crippen molar-refractivity contribution in [1.82, 2.24) is 5.32 Å². The standard InChI is InChI=1S/C17H19FIN/c1-3-20-16(11-13-8-4-5-10-15(13)18)14-9-6-7-12(2)17(14)19/h4-10,16,20H,3,11H2,1-2H3. The Morgan fingerprint density at radius 1 is 1.15 bits per heavy atom. The topological polar surface area (TPSA) is 12.0 Å². The average molecular weight is 383 g/mol. The minimum absolute atomic E-state index is 0.127. The highest BCUT2D eigenvalue weighted by atomic mass is 127. The van der Waals surface area contributed by atoms with Gasteiger partial charge in [-0.2, -0.15) is 0 Å². The van der Waals surface area contributed by atoms with Crippen LogP contribution in [0.2, 0.25) is 0 Å². The van der Waals surface area contributed by atoms with Gasteiger partial charge in [0.15, 0.2) is 0 Å². The number of benzene rings is 2. The number of nitrogens with one attached hydrogen (secondary N) is 1. The van der Waals surface area contributed by atoms with E-state index in [0.29, 0.717) is 6.42 Å². The highest BCUT2D eigenvalue weighted by Gasteiger charge is 2.16. The van der Waals surface area contributed by atoms with Crippen molar-refractivity contribution in [3.63, 3.8) is 0 Å². The number of aryl methyl sites for hydroxylation is 1. The van der Waals surface area contributed by atoms with E-state index in [1.165, 1.54) is 20.8 Å². The minimum atomic E-state index is -0.127. The van der Waals surface area contributed by atoms with Crippen molar-refractivity contribution in [2.75, 3.05) is 6.54 Å². The van der Waals surface area contributed by atoms with Gasteiger partial charge in [0.25, 0.3) is 0 Å². The van der Waals surface area contributed by atoms with E-state index in [4.69, 9.17) is 0 Å². The summed E-state index contributed by atoms with van der Waals surface area (Å²) in [7, 11) is 0. The summed E-state index contributed by atoms with van der Waals surface area (Å²) in [6, 6.07) is 13.5. The number of rotatable bonds is 5. The van der Waals surface area contributed by atoms with Gasteiger partial charge in [-0.15, -0.1) is 0 Å². The van der Waals surface area contributed by atoms with Crippen LogP contribution in [0.25, 0.3) is 0 Å². The maximum Gasteiger partial charge on any atom is 0.126 e. The fourth-order valence-electron chi connectivity index (χ4n) is 2.36. The molecule has 0 aliphatic heterocycles. The molecule has 20 heavy (non-hydrogen) atoms. The quantitative estimate of drug-likeness (QED) is 0.743. The molecular weight excluding hydrogens is 364 g/mol. The molecule has 0 aliphatic rings. The van der Waals surface area contributed by atoms with Gasteiger partial charge in [0, 0.05) is 9.61 Å². The third-order valence-corrected chi connectivity index (χ3v) is 4.90. The molecule has 0 aromatic heterocycles. The summed E-state index contributed by atoms with van der Waals surface area (Å²) in [5.74, 6) is -0.127. The summed E-state index contributed by atoms with van der Waals surface area (Å²) in [6.45, 7) is 5.05. The lowest BCUT2D eigenvalue weighted by molar-refractivity contribution is 0.526. The Balaban J connectivity index is 2.32. The van der Waals surface area contributed by atoms with Crippen LogP contribution in [0.3, 0.4) is 0 Å². The molecule has 1 N–H and O–H groups in total. The fourth-order valence-corrected chi connectivity index (χ4v) is 3.10. The van der Waals surface area contributed by atoms with Crippen molar-refractivity contribution >= 4 is 22.6 Å². The van der Waals surface area contributed by atoms with Gasteiger partial charge in [-0.25, -0.2) is 4.39 Å². The Kier molecular flexibility index (Phi) is 5.54. The summed E-state index contributed by atoms with van der Waals surface area (Å²) in [5.41, 5.74) is 3.27. The normalized spacial score (nSPS) is 12.4. The van der Waals surface area contributed by atoms with Gasteiger partial charge in [0.05, 0.1) is 0 Å². The highest BCUT2D eigenvalue weighted by Crippen LogP contribution is 2.26. The van der Waals surface area contributed by atoms with Gasteiger partial charge in [0.1, 0.15) is 5.82 Å². The molecule has 0 saturated carbocycles. The van der Waals surface area contributed by atoms with Gasteiger partial charge in [-0.1, -0.05) is 43.3 Å². The first-order valence-electron chi connectivity index (χ1n) is 6.85. The summed E-state index contributed by atoms with van der Waals surface area (Å²) < 4.78 is 15.1. The molecule has 0 spiro atoms. The summed E-state index contributed by atoms with van der Waals surface area (Å²) in [5, 5.41) is 3.47. The van der Waals surface area contributed by atoms with E-state index < -0.39 is 0 Å². The monoisotopic (exact) mass is 383 g/mol. The van der Waals surface area contributed by atoms with Gasteiger partial charge >= 0.3 is 0 Å². The highest BCUT2D eigenvalue weighted by molar-refractivity contribution is 14.1. The van der Waals surface area contributed by atoms with Crippen molar-refractivity contribution in [2.24, 2.45) is 0 Å². The molecular formula is C17H19FIN. The predicted molar refractivity (Wildman–Crippen MR) is 90.4 cm³/mol. The molecule has 106 valence electrons. The Hall–Kier alpha value is -0.940. The van der Waals surface area contributed by atoms with Crippen LogP contribution in [-0.2, 0) is 6.42 Å². The molecule has 0 fully saturated rings. The zero-order valence-corrected chi connectivity index (χ0v) is 13.9. The largest absolute Gasteiger partial charge is 0.310 e. The lowest BCUT2D eigenvalue weighted by Crippen LogP contribution is -2.24. The first-order valence-corrected chi connectivity index (χ1v) is 7.93. The Morgan fingerprint density at radius 2 is 1.90 bits per heavy atom. The lowest BCUT2D eigenvalue weighted by Gasteiger charge is -2.21. The molecule has 3 heteroatoms. The Bertz CT molecular complexity index is 583. The molecule has 1 atom stereocenters. The maximum absolute atomic E-state index is 13.9. The molecule has 2 aromatic rings. The summed E-state index contributed by atoms with van der Waals surface area (Å²) in [6.07, 6.45) is 0.667. The van der Waals surface area contributed by atoms with Gasteiger partial charge < -0.3 is 5.32 Å². The van der Waals surface area contributed by atoms with E-state index in [1.54, 1.807) is 6.07 Å². The average Bonchev–Trinajstić information content (AvgIpc) is 2.44. The van der Waals surface area contributed by atoms with E-state index in [2.05, 4.69) is 60.0 Å². The van der Waals surface area contributed by atoms with E-state index >= 15 is 0 Å². The van der Waals surface area contributed by atoms with Crippen molar-refractivity contribution in [3.8, 4) is 0 Å². The minimum Gasteiger partial charge on any atom is -0.310 e. The second kappa shape index (κ2) is 7.18. The van der Waals surface area contributed by atoms with Gasteiger partial charge in [-0.05, 0) is 65.2 Å². The van der Waals surface area contributed by atoms with Crippen LogP contribution in [0.15, 0.2) is 42.5 Å². The fraction of sp³-hybridized carbons (Fsp3) is 0.294. The third kappa shape index (κ3) is 3.58. The number of likely N-dealkylation sites (N-methyl/N-ethyl adjacent to an activating group) is 1. The molecule has 2 aromatic carbocycles. The molecule has 1 unspecified atom stereocenters. The maximum atomic E-state index is 13.9. The molecule has 1 nitrogen and oxygen atoms in total. The lowest BCUT2D eigenvalue weighted by atomic mass is 9.97. The van der Waals surface area contributed by atoms with Crippen LogP contribution < -0.4 is 5.32 Å². The van der Waals surface area contributed by atoms with E-state index in [-0.39, 0.29) is 11.9 Å². The van der Waals surface area contributed by atoms with Crippen LogP contribution in [0, 0.1) is 16.3 Å². The predicted octanol–water partition coefficient (Wildman–Crippen LogP) is 4.63. The van der Waals surface area contributed by atoms with E-state index in [9.17, 15) is 4.39 Å². The number of halogens is 2. The summed E-state index contributed by atoms with van der Waals surface area (Å²) >= 11 is 2.38. The van der Waals surface area contributed by atoms with E-state index in [1.807, 2.05) is 12.1 Å². The molecule has 2 rings (SSSR count). The SMILES string of the molecule is CCNC(Cc1ccccc1F)c1cccc(C)c1I. The number of hydrogen-bond donors (Lipinski definition) is 1. The second-order valence-electron chi connectivity index (χ2n) is 4.88. The van der Waals surface area contributed by atoms with Crippen molar-refractivity contribution in [2.45, 2.75) is 26.3 Å². The van der Waals surface area contributed by atoms with Crippen LogP contribution in [-0.4, -0.2) is 6.54 Å². The van der Waals surface area contributed by atoms with Crippen molar-refractivity contribution < 1.29 is 4.39 Å². The van der Waals surface area contributed by atoms with E-state index in [0.717, 1.165) is 12.1 Å². The molecule has 0 saturated heterocycles. The van der Waals surface area contributed by atoms with Crippen molar-refractivity contribution in [1.29, 1.82) is 0 Å². The van der Waals surface area contributed by atoms with Gasteiger partial charge in [0.2, 0.25) is 0 Å². The van der Waals surface area contributed by atoms with Crippen LogP contribution >= 0.6 is 22.6 Å². The Morgan fingerprint density at radius 3 is 2.60 bits per heavy atom. The zero-order valence-electron chi connectivity index (χ0n) is 11.8. The Labute approximate surface area is 133 Å². The zero-order chi connectivity index (χ0) is 14.5. The molecule has 0 bridgehead atoms. The van der Waals surface area contributed by atoms with Crippen LogP contribution in [0.4, 0.5) is 4.39 Å².